The number of likely N-dealkylation sites (tertiary alicyclic amines) is 1. The van der Waals surface area contributed by atoms with Gasteiger partial charge in [0.1, 0.15) is 0 Å². The minimum Gasteiger partial charge on any atom is -0.394 e. The van der Waals surface area contributed by atoms with Crippen molar-refractivity contribution in [1.82, 2.24) is 4.90 Å². The third-order valence-corrected chi connectivity index (χ3v) is 8.41. The molecule has 3 heterocycles. The van der Waals surface area contributed by atoms with Crippen molar-refractivity contribution in [2.24, 2.45) is 5.92 Å². The standard InChI is InChI=1S/C30H34ClN3O5/c1-20(5-2-7-27(36)33-15-3-6-24(33)19-35)30(39)25-17-22(31)11-14-26(25)34(29(30)38)18-21-9-12-23(13-10-21)32-16-4-8-28(32)37/h2,5,9-14,17,20,24,35,39H,3-4,6-8,15-16,18-19H2,1H3/b5-2+/t20-,24-,30+/m0/s1. The van der Waals surface area contributed by atoms with Gasteiger partial charge >= 0.3 is 0 Å². The largest absolute Gasteiger partial charge is 0.394 e. The van der Waals surface area contributed by atoms with Crippen molar-refractivity contribution in [3.63, 3.8) is 0 Å². The number of carbonyl (C=O) groups excluding carboxylic acids is 3. The van der Waals surface area contributed by atoms with Gasteiger partial charge in [-0.15, -0.1) is 0 Å². The Kier molecular flexibility index (Phi) is 7.80. The van der Waals surface area contributed by atoms with Crippen LogP contribution in [0.3, 0.4) is 0 Å². The molecule has 0 bridgehead atoms. The van der Waals surface area contributed by atoms with Crippen molar-refractivity contribution in [2.75, 3.05) is 29.5 Å². The van der Waals surface area contributed by atoms with Crippen LogP contribution in [0.5, 0.6) is 0 Å². The van der Waals surface area contributed by atoms with E-state index in [1.807, 2.05) is 24.3 Å². The summed E-state index contributed by atoms with van der Waals surface area (Å²) in [6, 6.07) is 12.5. The topological polar surface area (TPSA) is 101 Å². The summed E-state index contributed by atoms with van der Waals surface area (Å²) in [7, 11) is 0. The first-order chi connectivity index (χ1) is 18.7. The zero-order valence-corrected chi connectivity index (χ0v) is 22.8. The fourth-order valence-corrected chi connectivity index (χ4v) is 6.12. The van der Waals surface area contributed by atoms with Gasteiger partial charge in [-0.2, -0.15) is 0 Å². The van der Waals surface area contributed by atoms with Gasteiger partial charge in [-0.1, -0.05) is 42.8 Å². The van der Waals surface area contributed by atoms with Gasteiger partial charge in [0.15, 0.2) is 5.60 Å². The summed E-state index contributed by atoms with van der Waals surface area (Å²) in [5, 5.41) is 21.8. The summed E-state index contributed by atoms with van der Waals surface area (Å²) in [4.78, 5) is 43.6. The number of rotatable bonds is 8. The summed E-state index contributed by atoms with van der Waals surface area (Å²) >= 11 is 6.29. The van der Waals surface area contributed by atoms with E-state index in [-0.39, 0.29) is 37.4 Å². The summed E-state index contributed by atoms with van der Waals surface area (Å²) in [6.45, 7) is 3.29. The van der Waals surface area contributed by atoms with E-state index in [0.29, 0.717) is 35.8 Å². The molecule has 3 aliphatic rings. The summed E-state index contributed by atoms with van der Waals surface area (Å²) < 4.78 is 0. The molecule has 0 unspecified atom stereocenters. The monoisotopic (exact) mass is 551 g/mol. The van der Waals surface area contributed by atoms with Gasteiger partial charge in [-0.3, -0.25) is 14.4 Å². The number of hydrogen-bond acceptors (Lipinski definition) is 5. The average molecular weight is 552 g/mol. The fraction of sp³-hybridized carbons (Fsp3) is 0.433. The first kappa shape index (κ1) is 27.4. The third kappa shape index (κ3) is 5.09. The van der Waals surface area contributed by atoms with E-state index in [0.717, 1.165) is 30.5 Å². The second-order valence-electron chi connectivity index (χ2n) is 10.6. The van der Waals surface area contributed by atoms with E-state index in [1.165, 1.54) is 0 Å². The maximum Gasteiger partial charge on any atom is 0.264 e. The van der Waals surface area contributed by atoms with Gasteiger partial charge in [0.2, 0.25) is 11.8 Å². The van der Waals surface area contributed by atoms with Gasteiger partial charge < -0.3 is 24.9 Å². The van der Waals surface area contributed by atoms with Crippen molar-refractivity contribution in [1.29, 1.82) is 0 Å². The average Bonchev–Trinajstić information content (AvgIpc) is 3.64. The van der Waals surface area contributed by atoms with Crippen LogP contribution in [-0.2, 0) is 26.5 Å². The van der Waals surface area contributed by atoms with Crippen LogP contribution in [0.4, 0.5) is 11.4 Å². The third-order valence-electron chi connectivity index (χ3n) is 8.18. The Labute approximate surface area is 233 Å². The lowest BCUT2D eigenvalue weighted by Crippen LogP contribution is -2.44. The Balaban J connectivity index is 1.34. The van der Waals surface area contributed by atoms with Crippen LogP contribution in [0.15, 0.2) is 54.6 Å². The van der Waals surface area contributed by atoms with Crippen LogP contribution >= 0.6 is 11.6 Å². The second kappa shape index (κ2) is 11.1. The molecule has 3 atom stereocenters. The van der Waals surface area contributed by atoms with Crippen LogP contribution in [0.1, 0.15) is 50.2 Å². The molecule has 0 aromatic heterocycles. The number of hydrogen-bond donors (Lipinski definition) is 2. The number of aliphatic hydroxyl groups is 2. The van der Waals surface area contributed by atoms with E-state index in [4.69, 9.17) is 11.6 Å². The molecule has 9 heteroatoms. The molecule has 3 aliphatic heterocycles. The van der Waals surface area contributed by atoms with Crippen LogP contribution < -0.4 is 9.80 Å². The molecular formula is C30H34ClN3O5. The molecule has 2 saturated heterocycles. The fourth-order valence-electron chi connectivity index (χ4n) is 5.94. The van der Waals surface area contributed by atoms with Crippen LogP contribution in [0.25, 0.3) is 0 Å². The SMILES string of the molecule is C[C@@H](/C=C/CC(=O)N1CCC[C@H]1CO)[C@]1(O)C(=O)N(Cc2ccc(N3CCCC3=O)cc2)c2ccc(Cl)cc21. The number of halogens is 1. The molecule has 2 aromatic rings. The van der Waals surface area contributed by atoms with E-state index < -0.39 is 17.4 Å². The van der Waals surface area contributed by atoms with Gasteiger partial charge in [-0.05, 0) is 55.2 Å². The van der Waals surface area contributed by atoms with Gasteiger partial charge in [0, 0.05) is 48.1 Å². The smallest absolute Gasteiger partial charge is 0.264 e. The molecular weight excluding hydrogens is 518 g/mol. The summed E-state index contributed by atoms with van der Waals surface area (Å²) in [6.07, 6.45) is 6.60. The summed E-state index contributed by atoms with van der Waals surface area (Å²) in [5.41, 5.74) is 0.877. The molecule has 0 aliphatic carbocycles. The van der Waals surface area contributed by atoms with Crippen LogP contribution in [0.2, 0.25) is 5.02 Å². The molecule has 2 fully saturated rings. The number of nitrogens with zero attached hydrogens (tertiary/aromatic N) is 3. The molecule has 0 saturated carbocycles. The maximum absolute atomic E-state index is 13.8. The van der Waals surface area contributed by atoms with E-state index >= 15 is 0 Å². The molecule has 5 rings (SSSR count). The first-order valence-corrected chi connectivity index (χ1v) is 13.9. The van der Waals surface area contributed by atoms with E-state index in [1.54, 1.807) is 52.0 Å². The normalized spacial score (nSPS) is 23.8. The summed E-state index contributed by atoms with van der Waals surface area (Å²) in [5.74, 6) is -1.05. The van der Waals surface area contributed by atoms with Crippen molar-refractivity contribution >= 4 is 40.7 Å². The number of amides is 3. The highest BCUT2D eigenvalue weighted by molar-refractivity contribution is 6.31. The highest BCUT2D eigenvalue weighted by Crippen LogP contribution is 2.46. The molecule has 2 N–H and O–H groups in total. The molecule has 0 spiro atoms. The van der Waals surface area contributed by atoms with Crippen molar-refractivity contribution in [2.45, 2.75) is 57.2 Å². The van der Waals surface area contributed by atoms with E-state index in [2.05, 4.69) is 0 Å². The minimum atomic E-state index is -1.84. The number of anilines is 2. The highest BCUT2D eigenvalue weighted by Gasteiger charge is 2.52. The lowest BCUT2D eigenvalue weighted by atomic mass is 9.83. The predicted octanol–water partition coefficient (Wildman–Crippen LogP) is 3.77. The number of benzene rings is 2. The minimum absolute atomic E-state index is 0.0490. The van der Waals surface area contributed by atoms with Crippen molar-refractivity contribution in [3.8, 4) is 0 Å². The highest BCUT2D eigenvalue weighted by atomic mass is 35.5. The molecule has 3 amide bonds. The zero-order valence-electron chi connectivity index (χ0n) is 22.1. The van der Waals surface area contributed by atoms with Crippen molar-refractivity contribution < 1.29 is 24.6 Å². The number of aliphatic hydroxyl groups excluding tert-OH is 1. The van der Waals surface area contributed by atoms with Crippen LogP contribution in [0, 0.1) is 5.92 Å². The molecule has 39 heavy (non-hydrogen) atoms. The Morgan fingerprint density at radius 3 is 2.62 bits per heavy atom. The predicted molar refractivity (Wildman–Crippen MR) is 149 cm³/mol. The number of carbonyl (C=O) groups is 3. The first-order valence-electron chi connectivity index (χ1n) is 13.5. The van der Waals surface area contributed by atoms with Crippen LogP contribution in [-0.4, -0.2) is 58.6 Å². The van der Waals surface area contributed by atoms with E-state index in [9.17, 15) is 24.6 Å². The molecule has 8 nitrogen and oxygen atoms in total. The van der Waals surface area contributed by atoms with Crippen molar-refractivity contribution in [3.05, 3.63) is 70.8 Å². The van der Waals surface area contributed by atoms with Gasteiger partial charge in [0.25, 0.3) is 5.91 Å². The molecule has 206 valence electrons. The second-order valence-corrected chi connectivity index (χ2v) is 11.1. The lowest BCUT2D eigenvalue weighted by Gasteiger charge is -2.28. The Hall–Kier alpha value is -3.20. The Morgan fingerprint density at radius 1 is 1.15 bits per heavy atom. The molecule has 2 aromatic carbocycles. The molecule has 0 radical (unpaired) electrons. The quantitative estimate of drug-likeness (QED) is 0.486. The number of fused-ring (bicyclic) bond motifs is 1. The maximum atomic E-state index is 13.8. The van der Waals surface area contributed by atoms with Gasteiger partial charge in [-0.25, -0.2) is 0 Å². The van der Waals surface area contributed by atoms with Gasteiger partial charge in [0.05, 0.1) is 24.9 Å². The Bertz CT molecular complexity index is 1300. The Morgan fingerprint density at radius 2 is 1.92 bits per heavy atom. The lowest BCUT2D eigenvalue weighted by molar-refractivity contribution is -0.139. The zero-order chi connectivity index (χ0) is 27.7.